The number of nitrogens with zero attached hydrogens (tertiary/aromatic N) is 6. The Labute approximate surface area is 201 Å². The molecule has 1 saturated heterocycles. The molecule has 8 nitrogen and oxygen atoms in total. The van der Waals surface area contributed by atoms with E-state index in [1.165, 1.54) is 25.3 Å². The number of hydrogen-bond acceptors (Lipinski definition) is 8. The van der Waals surface area contributed by atoms with Crippen molar-refractivity contribution in [1.82, 2.24) is 24.9 Å². The van der Waals surface area contributed by atoms with Crippen LogP contribution in [-0.4, -0.2) is 43.7 Å². The minimum atomic E-state index is -0.275. The third-order valence-corrected chi connectivity index (χ3v) is 6.95. The SMILES string of the molecule is Cc1ccc(-c2noc(CCCSc3nnc(N4CCCCC4)n3Cc3ccco3)n2)cc1F. The molecule has 5 rings (SSSR count). The van der Waals surface area contributed by atoms with Crippen LogP contribution in [0.25, 0.3) is 11.4 Å². The molecule has 1 aromatic carbocycles. The molecule has 0 N–H and O–H groups in total. The molecule has 0 bridgehead atoms. The number of aryl methyl sites for hydroxylation is 2. The lowest BCUT2D eigenvalue weighted by Gasteiger charge is -2.27. The highest BCUT2D eigenvalue weighted by atomic mass is 32.2. The van der Waals surface area contributed by atoms with E-state index in [1.807, 2.05) is 12.1 Å². The zero-order valence-electron chi connectivity index (χ0n) is 19.1. The van der Waals surface area contributed by atoms with E-state index in [9.17, 15) is 4.39 Å². The zero-order valence-corrected chi connectivity index (χ0v) is 19.9. The Balaban J connectivity index is 1.21. The standard InChI is InChI=1S/C24H27FN6O2S/c1-17-9-10-18(15-20(17)25)22-26-21(33-29-22)8-6-14-34-24-28-27-23(30-11-3-2-4-12-30)31(24)16-19-7-5-13-32-19/h5,7,9-10,13,15H,2-4,6,8,11-12,14,16H2,1H3. The van der Waals surface area contributed by atoms with E-state index in [4.69, 9.17) is 8.94 Å². The van der Waals surface area contributed by atoms with E-state index < -0.39 is 0 Å². The summed E-state index contributed by atoms with van der Waals surface area (Å²) in [7, 11) is 0. The van der Waals surface area contributed by atoms with Gasteiger partial charge in [0.05, 0.1) is 12.8 Å². The van der Waals surface area contributed by atoms with Crippen LogP contribution in [0.5, 0.6) is 0 Å². The van der Waals surface area contributed by atoms with Crippen molar-refractivity contribution in [1.29, 1.82) is 0 Å². The lowest BCUT2D eigenvalue weighted by atomic mass is 10.1. The van der Waals surface area contributed by atoms with E-state index >= 15 is 0 Å². The van der Waals surface area contributed by atoms with Gasteiger partial charge in [-0.1, -0.05) is 29.1 Å². The molecule has 4 heterocycles. The number of aromatic nitrogens is 5. The lowest BCUT2D eigenvalue weighted by Crippen LogP contribution is -2.32. The topological polar surface area (TPSA) is 86.0 Å². The maximum Gasteiger partial charge on any atom is 0.228 e. The van der Waals surface area contributed by atoms with Gasteiger partial charge in [-0.3, -0.25) is 4.57 Å². The first-order valence-electron chi connectivity index (χ1n) is 11.6. The van der Waals surface area contributed by atoms with Crippen molar-refractivity contribution in [2.75, 3.05) is 23.7 Å². The van der Waals surface area contributed by atoms with Crippen LogP contribution in [0.1, 0.15) is 42.9 Å². The molecule has 1 aliphatic heterocycles. The van der Waals surface area contributed by atoms with Crippen LogP contribution < -0.4 is 4.90 Å². The van der Waals surface area contributed by atoms with Gasteiger partial charge < -0.3 is 13.8 Å². The van der Waals surface area contributed by atoms with Crippen molar-refractivity contribution in [2.45, 2.75) is 50.7 Å². The number of benzene rings is 1. The Hall–Kier alpha value is -3.14. The number of rotatable bonds is 9. The van der Waals surface area contributed by atoms with E-state index in [0.717, 1.165) is 42.1 Å². The molecule has 178 valence electrons. The highest BCUT2D eigenvalue weighted by Crippen LogP contribution is 2.27. The van der Waals surface area contributed by atoms with Crippen LogP contribution in [0.2, 0.25) is 0 Å². The van der Waals surface area contributed by atoms with Crippen LogP contribution in [0, 0.1) is 12.7 Å². The summed E-state index contributed by atoms with van der Waals surface area (Å²) >= 11 is 1.66. The van der Waals surface area contributed by atoms with Crippen LogP contribution in [0.3, 0.4) is 0 Å². The fourth-order valence-corrected chi connectivity index (χ4v) is 4.88. The summed E-state index contributed by atoms with van der Waals surface area (Å²) in [6, 6.07) is 8.83. The van der Waals surface area contributed by atoms with Crippen molar-refractivity contribution in [3.63, 3.8) is 0 Å². The van der Waals surface area contributed by atoms with Gasteiger partial charge in [-0.05, 0) is 56.4 Å². The molecule has 3 aromatic heterocycles. The normalized spacial score (nSPS) is 14.1. The van der Waals surface area contributed by atoms with Crippen LogP contribution >= 0.6 is 11.8 Å². The number of thioether (sulfide) groups is 1. The second-order valence-corrected chi connectivity index (χ2v) is 9.49. The smallest absolute Gasteiger partial charge is 0.228 e. The fraction of sp³-hybridized carbons (Fsp3) is 0.417. The van der Waals surface area contributed by atoms with Gasteiger partial charge in [0.1, 0.15) is 11.6 Å². The summed E-state index contributed by atoms with van der Waals surface area (Å²) in [5.74, 6) is 3.29. The molecule has 0 saturated carbocycles. The van der Waals surface area contributed by atoms with Crippen LogP contribution in [0.4, 0.5) is 10.3 Å². The Morgan fingerprint density at radius 1 is 1.12 bits per heavy atom. The predicted molar refractivity (Wildman–Crippen MR) is 127 cm³/mol. The summed E-state index contributed by atoms with van der Waals surface area (Å²) in [5.41, 5.74) is 1.21. The minimum absolute atomic E-state index is 0.275. The maximum atomic E-state index is 13.8. The first-order chi connectivity index (χ1) is 16.7. The molecule has 1 aliphatic rings. The zero-order chi connectivity index (χ0) is 23.3. The van der Waals surface area contributed by atoms with Gasteiger partial charge in [-0.15, -0.1) is 10.2 Å². The molecule has 34 heavy (non-hydrogen) atoms. The summed E-state index contributed by atoms with van der Waals surface area (Å²) in [5, 5.41) is 13.9. The Morgan fingerprint density at radius 2 is 2.00 bits per heavy atom. The summed E-state index contributed by atoms with van der Waals surface area (Å²) in [6.07, 6.45) is 6.78. The quantitative estimate of drug-likeness (QED) is 0.240. The van der Waals surface area contributed by atoms with Gasteiger partial charge in [-0.25, -0.2) is 4.39 Å². The number of halogens is 1. The average Bonchev–Trinajstić information content (AvgIpc) is 3.62. The third kappa shape index (κ3) is 5.16. The Bertz CT molecular complexity index is 1220. The summed E-state index contributed by atoms with van der Waals surface area (Å²) < 4.78 is 26.9. The molecule has 1 fully saturated rings. The fourth-order valence-electron chi connectivity index (χ4n) is 4.00. The molecule has 0 radical (unpaired) electrons. The van der Waals surface area contributed by atoms with Crippen molar-refractivity contribution in [3.05, 3.63) is 59.6 Å². The maximum absolute atomic E-state index is 13.8. The molecule has 0 spiro atoms. The first-order valence-corrected chi connectivity index (χ1v) is 12.6. The van der Waals surface area contributed by atoms with Gasteiger partial charge in [0.2, 0.25) is 17.7 Å². The lowest BCUT2D eigenvalue weighted by molar-refractivity contribution is 0.378. The third-order valence-electron chi connectivity index (χ3n) is 5.89. The van der Waals surface area contributed by atoms with Crippen molar-refractivity contribution >= 4 is 17.7 Å². The van der Waals surface area contributed by atoms with Gasteiger partial charge in [0.15, 0.2) is 5.16 Å². The van der Waals surface area contributed by atoms with Crippen LogP contribution in [0.15, 0.2) is 50.7 Å². The highest BCUT2D eigenvalue weighted by molar-refractivity contribution is 7.99. The van der Waals surface area contributed by atoms with E-state index in [1.54, 1.807) is 37.1 Å². The summed E-state index contributed by atoms with van der Waals surface area (Å²) in [6.45, 7) is 4.34. The molecular formula is C24H27FN6O2S. The molecule has 0 atom stereocenters. The number of furan rings is 1. The Morgan fingerprint density at radius 3 is 2.79 bits per heavy atom. The van der Waals surface area contributed by atoms with Crippen LogP contribution in [-0.2, 0) is 13.0 Å². The number of hydrogen-bond donors (Lipinski definition) is 0. The van der Waals surface area contributed by atoms with Crippen molar-refractivity contribution in [2.24, 2.45) is 0 Å². The van der Waals surface area contributed by atoms with Gasteiger partial charge >= 0.3 is 0 Å². The first kappa shape index (κ1) is 22.6. The van der Waals surface area contributed by atoms with Gasteiger partial charge in [0, 0.05) is 30.8 Å². The van der Waals surface area contributed by atoms with E-state index in [-0.39, 0.29) is 5.82 Å². The molecule has 4 aromatic rings. The molecule has 0 aliphatic carbocycles. The minimum Gasteiger partial charge on any atom is -0.467 e. The summed E-state index contributed by atoms with van der Waals surface area (Å²) in [4.78, 5) is 6.74. The van der Waals surface area contributed by atoms with Crippen molar-refractivity contribution < 1.29 is 13.3 Å². The monoisotopic (exact) mass is 482 g/mol. The molecule has 0 unspecified atom stereocenters. The average molecular weight is 483 g/mol. The van der Waals surface area contributed by atoms with Gasteiger partial charge in [-0.2, -0.15) is 4.98 Å². The van der Waals surface area contributed by atoms with Gasteiger partial charge in [0.25, 0.3) is 0 Å². The predicted octanol–water partition coefficient (Wildman–Crippen LogP) is 5.13. The highest BCUT2D eigenvalue weighted by Gasteiger charge is 2.21. The molecular weight excluding hydrogens is 455 g/mol. The molecule has 10 heteroatoms. The largest absolute Gasteiger partial charge is 0.467 e. The second kappa shape index (κ2) is 10.4. The number of piperidine rings is 1. The second-order valence-electron chi connectivity index (χ2n) is 8.42. The van der Waals surface area contributed by atoms with E-state index in [2.05, 4.69) is 29.8 Å². The van der Waals surface area contributed by atoms with E-state index in [0.29, 0.717) is 35.8 Å². The van der Waals surface area contributed by atoms with Crippen molar-refractivity contribution in [3.8, 4) is 11.4 Å². The number of anilines is 1. The molecule has 0 amide bonds. The Kier molecular flexibility index (Phi) is 6.94.